The zero-order valence-electron chi connectivity index (χ0n) is 13.0. The van der Waals surface area contributed by atoms with Crippen molar-refractivity contribution in [2.24, 2.45) is 0 Å². The number of aromatic nitrogens is 3. The minimum atomic E-state index is 0.581. The Labute approximate surface area is 122 Å². The molecule has 1 unspecified atom stereocenters. The van der Waals surface area contributed by atoms with Crippen molar-refractivity contribution in [1.29, 1.82) is 0 Å². The second kappa shape index (κ2) is 7.53. The van der Waals surface area contributed by atoms with E-state index in [0.29, 0.717) is 12.0 Å². The fraction of sp³-hybridized carbons (Fsp3) is 0.800. The molecule has 1 saturated heterocycles. The third kappa shape index (κ3) is 3.66. The molecule has 2 rings (SSSR count). The number of hydrogen-bond donors (Lipinski definition) is 1. The van der Waals surface area contributed by atoms with Gasteiger partial charge in [-0.2, -0.15) is 5.10 Å². The van der Waals surface area contributed by atoms with E-state index in [1.165, 1.54) is 25.9 Å². The van der Waals surface area contributed by atoms with Gasteiger partial charge in [-0.25, -0.2) is 4.98 Å². The van der Waals surface area contributed by atoms with Gasteiger partial charge in [0.2, 0.25) is 5.95 Å². The van der Waals surface area contributed by atoms with Crippen LogP contribution in [0.1, 0.15) is 51.4 Å². The first kappa shape index (κ1) is 15.2. The predicted molar refractivity (Wildman–Crippen MR) is 82.0 cm³/mol. The van der Waals surface area contributed by atoms with Crippen LogP contribution < -0.4 is 5.32 Å². The van der Waals surface area contributed by atoms with Gasteiger partial charge in [0.1, 0.15) is 0 Å². The minimum absolute atomic E-state index is 0.581. The smallest absolute Gasteiger partial charge is 0.243 e. The van der Waals surface area contributed by atoms with E-state index in [0.717, 1.165) is 37.2 Å². The van der Waals surface area contributed by atoms with Crippen molar-refractivity contribution >= 4 is 5.95 Å². The Balaban J connectivity index is 1.95. The number of aryl methyl sites for hydroxylation is 2. The van der Waals surface area contributed by atoms with Crippen LogP contribution in [0.5, 0.6) is 0 Å². The maximum Gasteiger partial charge on any atom is 0.243 e. The third-order valence-electron chi connectivity index (χ3n) is 4.13. The molecular formula is C15H27N5. The van der Waals surface area contributed by atoms with Gasteiger partial charge in [0.05, 0.1) is 11.4 Å². The van der Waals surface area contributed by atoms with Crippen LogP contribution >= 0.6 is 0 Å². The Bertz CT molecular complexity index is 415. The summed E-state index contributed by atoms with van der Waals surface area (Å²) >= 11 is 0. The summed E-state index contributed by atoms with van der Waals surface area (Å²) in [5.41, 5.74) is 2.09. The third-order valence-corrected chi connectivity index (χ3v) is 4.13. The first-order valence-corrected chi connectivity index (χ1v) is 7.98. The molecule has 5 nitrogen and oxygen atoms in total. The van der Waals surface area contributed by atoms with Crippen LogP contribution in [-0.2, 0) is 12.8 Å². The number of hydrogen-bond acceptors (Lipinski definition) is 5. The van der Waals surface area contributed by atoms with Crippen molar-refractivity contribution in [3.05, 3.63) is 11.4 Å². The average Bonchev–Trinajstić information content (AvgIpc) is 3.02. The zero-order chi connectivity index (χ0) is 14.4. The van der Waals surface area contributed by atoms with Gasteiger partial charge in [0.25, 0.3) is 0 Å². The van der Waals surface area contributed by atoms with Crippen LogP contribution in [-0.4, -0.2) is 45.8 Å². The normalized spacial score (nSPS) is 17.4. The molecule has 112 valence electrons. The molecule has 1 aromatic heterocycles. The van der Waals surface area contributed by atoms with Gasteiger partial charge >= 0.3 is 0 Å². The number of anilines is 1. The average molecular weight is 277 g/mol. The molecule has 0 aromatic carbocycles. The van der Waals surface area contributed by atoms with Crippen molar-refractivity contribution in [2.45, 2.75) is 58.9 Å². The summed E-state index contributed by atoms with van der Waals surface area (Å²) in [5, 5.41) is 11.9. The molecule has 1 aliphatic heterocycles. The molecule has 0 saturated carbocycles. The highest BCUT2D eigenvalue weighted by atomic mass is 15.3. The lowest BCUT2D eigenvalue weighted by atomic mass is 10.2. The van der Waals surface area contributed by atoms with E-state index in [-0.39, 0.29) is 0 Å². The molecule has 20 heavy (non-hydrogen) atoms. The van der Waals surface area contributed by atoms with Crippen LogP contribution in [0, 0.1) is 0 Å². The van der Waals surface area contributed by atoms with Crippen molar-refractivity contribution in [2.75, 3.05) is 25.0 Å². The molecule has 2 heterocycles. The number of rotatable bonds is 7. The van der Waals surface area contributed by atoms with Gasteiger partial charge in [-0.05, 0) is 45.2 Å². The van der Waals surface area contributed by atoms with E-state index in [2.05, 4.69) is 46.2 Å². The van der Waals surface area contributed by atoms with Crippen LogP contribution in [0.3, 0.4) is 0 Å². The molecule has 0 amide bonds. The maximum atomic E-state index is 4.59. The van der Waals surface area contributed by atoms with Gasteiger partial charge in [-0.3, -0.25) is 4.90 Å². The summed E-state index contributed by atoms with van der Waals surface area (Å²) in [6, 6.07) is 0.581. The van der Waals surface area contributed by atoms with Crippen LogP contribution in [0.4, 0.5) is 5.95 Å². The van der Waals surface area contributed by atoms with E-state index in [4.69, 9.17) is 0 Å². The molecule has 5 heteroatoms. The molecule has 1 N–H and O–H groups in total. The highest BCUT2D eigenvalue weighted by molar-refractivity contribution is 5.26. The first-order chi connectivity index (χ1) is 9.78. The largest absolute Gasteiger partial charge is 0.351 e. The van der Waals surface area contributed by atoms with Gasteiger partial charge in [-0.1, -0.05) is 20.8 Å². The number of nitrogens with zero attached hydrogens (tertiary/aromatic N) is 4. The topological polar surface area (TPSA) is 53.9 Å². The summed E-state index contributed by atoms with van der Waals surface area (Å²) in [7, 11) is 0. The predicted octanol–water partition coefficient (Wildman–Crippen LogP) is 2.28. The maximum absolute atomic E-state index is 4.59. The Morgan fingerprint density at radius 2 is 1.75 bits per heavy atom. The lowest BCUT2D eigenvalue weighted by molar-refractivity contribution is 0.246. The van der Waals surface area contributed by atoms with E-state index in [1.54, 1.807) is 0 Å². The quantitative estimate of drug-likeness (QED) is 0.828. The van der Waals surface area contributed by atoms with Gasteiger partial charge < -0.3 is 5.32 Å². The van der Waals surface area contributed by atoms with Crippen molar-refractivity contribution in [1.82, 2.24) is 20.1 Å². The summed E-state index contributed by atoms with van der Waals surface area (Å²) in [5.74, 6) is 0.677. The molecule has 0 aliphatic carbocycles. The van der Waals surface area contributed by atoms with E-state index in [9.17, 15) is 0 Å². The van der Waals surface area contributed by atoms with E-state index < -0.39 is 0 Å². The summed E-state index contributed by atoms with van der Waals surface area (Å²) in [4.78, 5) is 7.16. The van der Waals surface area contributed by atoms with Gasteiger partial charge in [-0.15, -0.1) is 5.10 Å². The molecule has 1 fully saturated rings. The summed E-state index contributed by atoms with van der Waals surface area (Å²) < 4.78 is 0. The fourth-order valence-electron chi connectivity index (χ4n) is 2.86. The number of nitrogens with one attached hydrogen (secondary N) is 1. The lowest BCUT2D eigenvalue weighted by Crippen LogP contribution is -2.37. The Morgan fingerprint density at radius 1 is 1.05 bits per heavy atom. The molecule has 1 atom stereocenters. The highest BCUT2D eigenvalue weighted by Gasteiger charge is 2.20. The lowest BCUT2D eigenvalue weighted by Gasteiger charge is -2.26. The molecule has 0 spiro atoms. The molecule has 0 bridgehead atoms. The standard InChI is InChI=1S/C15H27N5/c1-4-12(20-9-7-8-10-20)11-16-15-17-13(5-2)14(6-3)18-19-15/h12H,4-11H2,1-3H3,(H,16,17,19). The Hall–Kier alpha value is -1.23. The van der Waals surface area contributed by atoms with Crippen LogP contribution in [0.25, 0.3) is 0 Å². The molecule has 0 radical (unpaired) electrons. The van der Waals surface area contributed by atoms with E-state index in [1.807, 2.05) is 0 Å². The summed E-state index contributed by atoms with van der Waals surface area (Å²) in [6.45, 7) is 9.83. The van der Waals surface area contributed by atoms with E-state index >= 15 is 0 Å². The SMILES string of the molecule is CCc1nnc(NCC(CC)N2CCCC2)nc1CC. The minimum Gasteiger partial charge on any atom is -0.351 e. The zero-order valence-corrected chi connectivity index (χ0v) is 13.0. The molecule has 1 aromatic rings. The number of likely N-dealkylation sites (tertiary alicyclic amines) is 1. The van der Waals surface area contributed by atoms with Gasteiger partial charge in [0, 0.05) is 12.6 Å². The summed E-state index contributed by atoms with van der Waals surface area (Å²) in [6.07, 6.45) is 5.64. The van der Waals surface area contributed by atoms with Crippen molar-refractivity contribution in [3.63, 3.8) is 0 Å². The van der Waals surface area contributed by atoms with Crippen molar-refractivity contribution in [3.8, 4) is 0 Å². The fourth-order valence-corrected chi connectivity index (χ4v) is 2.86. The highest BCUT2D eigenvalue weighted by Crippen LogP contribution is 2.14. The first-order valence-electron chi connectivity index (χ1n) is 7.98. The van der Waals surface area contributed by atoms with Crippen LogP contribution in [0.15, 0.2) is 0 Å². The van der Waals surface area contributed by atoms with Crippen molar-refractivity contribution < 1.29 is 0 Å². The second-order valence-electron chi connectivity index (χ2n) is 5.42. The Morgan fingerprint density at radius 3 is 2.35 bits per heavy atom. The second-order valence-corrected chi connectivity index (χ2v) is 5.42. The van der Waals surface area contributed by atoms with Crippen LogP contribution in [0.2, 0.25) is 0 Å². The monoisotopic (exact) mass is 277 g/mol. The molecule has 1 aliphatic rings. The Kier molecular flexibility index (Phi) is 5.71. The van der Waals surface area contributed by atoms with Gasteiger partial charge in [0.15, 0.2) is 0 Å². The molecular weight excluding hydrogens is 250 g/mol.